The highest BCUT2D eigenvalue weighted by Gasteiger charge is 2.27. The lowest BCUT2D eigenvalue weighted by Crippen LogP contribution is -2.53. The molecule has 2 fully saturated rings. The van der Waals surface area contributed by atoms with Gasteiger partial charge in [-0.3, -0.25) is 9.89 Å². The molecule has 0 aromatic heterocycles. The van der Waals surface area contributed by atoms with Crippen LogP contribution in [0.2, 0.25) is 0 Å². The van der Waals surface area contributed by atoms with Gasteiger partial charge < -0.3 is 25.0 Å². The summed E-state index contributed by atoms with van der Waals surface area (Å²) in [5, 5.41) is 0. The second-order valence-corrected chi connectivity index (χ2v) is 9.23. The molecule has 31 heavy (non-hydrogen) atoms. The first kappa shape index (κ1) is 23.3. The molecule has 0 aliphatic carbocycles. The Labute approximate surface area is 186 Å². The van der Waals surface area contributed by atoms with Crippen molar-refractivity contribution in [3.63, 3.8) is 0 Å². The molecule has 2 aliphatic heterocycles. The van der Waals surface area contributed by atoms with Gasteiger partial charge in [0, 0.05) is 39.3 Å². The van der Waals surface area contributed by atoms with E-state index >= 15 is 0 Å². The molecule has 1 aromatic rings. The molecule has 1 aromatic carbocycles. The van der Waals surface area contributed by atoms with Crippen molar-refractivity contribution in [3.8, 4) is 0 Å². The Bertz CT molecular complexity index is 763. The van der Waals surface area contributed by atoms with Crippen molar-refractivity contribution in [3.05, 3.63) is 35.4 Å². The number of aryl methyl sites for hydroxylation is 1. The van der Waals surface area contributed by atoms with Gasteiger partial charge in [0.1, 0.15) is 5.60 Å². The van der Waals surface area contributed by atoms with E-state index in [9.17, 15) is 4.79 Å². The molecule has 2 aliphatic rings. The predicted octanol–water partition coefficient (Wildman–Crippen LogP) is 2.24. The van der Waals surface area contributed by atoms with Gasteiger partial charge in [0.05, 0.1) is 25.8 Å². The minimum atomic E-state index is -0.487. The van der Waals surface area contributed by atoms with E-state index < -0.39 is 5.60 Å². The summed E-state index contributed by atoms with van der Waals surface area (Å²) < 4.78 is 11.0. The van der Waals surface area contributed by atoms with Gasteiger partial charge >= 0.3 is 6.09 Å². The van der Waals surface area contributed by atoms with Gasteiger partial charge in [0.2, 0.25) is 0 Å². The van der Waals surface area contributed by atoms with E-state index in [4.69, 9.17) is 20.2 Å². The fourth-order valence-electron chi connectivity index (χ4n) is 3.92. The number of aliphatic imine (C=N–C) groups is 1. The lowest BCUT2D eigenvalue weighted by molar-refractivity contribution is 0.0172. The Balaban J connectivity index is 1.61. The van der Waals surface area contributed by atoms with Gasteiger partial charge in [0.15, 0.2) is 5.96 Å². The number of hydrogen-bond acceptors (Lipinski definition) is 5. The molecule has 1 unspecified atom stereocenters. The van der Waals surface area contributed by atoms with E-state index in [0.29, 0.717) is 38.7 Å². The average Bonchev–Trinajstić information content (AvgIpc) is 2.73. The molecule has 8 heteroatoms. The van der Waals surface area contributed by atoms with Crippen LogP contribution in [0, 0.1) is 6.92 Å². The Kier molecular flexibility index (Phi) is 7.78. The van der Waals surface area contributed by atoms with E-state index in [1.807, 2.05) is 25.7 Å². The van der Waals surface area contributed by atoms with Crippen molar-refractivity contribution in [1.29, 1.82) is 0 Å². The van der Waals surface area contributed by atoms with Crippen molar-refractivity contribution in [2.24, 2.45) is 10.7 Å². The fourth-order valence-corrected chi connectivity index (χ4v) is 3.92. The van der Waals surface area contributed by atoms with Gasteiger partial charge in [0.25, 0.3) is 0 Å². The number of hydrogen-bond donors (Lipinski definition) is 1. The lowest BCUT2D eigenvalue weighted by Gasteiger charge is -2.37. The number of carbonyl (C=O) groups excluding carboxylic acids is 1. The molecule has 2 N–H and O–H groups in total. The number of carbonyl (C=O) groups is 1. The van der Waals surface area contributed by atoms with E-state index in [1.165, 1.54) is 11.1 Å². The van der Waals surface area contributed by atoms with Gasteiger partial charge in [-0.25, -0.2) is 4.79 Å². The van der Waals surface area contributed by atoms with Crippen LogP contribution < -0.4 is 5.73 Å². The second kappa shape index (κ2) is 10.3. The monoisotopic (exact) mass is 431 g/mol. The summed E-state index contributed by atoms with van der Waals surface area (Å²) >= 11 is 0. The summed E-state index contributed by atoms with van der Waals surface area (Å²) in [4.78, 5) is 23.2. The zero-order valence-electron chi connectivity index (χ0n) is 19.3. The number of nitrogens with zero attached hydrogens (tertiary/aromatic N) is 4. The number of rotatable bonds is 4. The second-order valence-electron chi connectivity index (χ2n) is 9.23. The van der Waals surface area contributed by atoms with Crippen LogP contribution >= 0.6 is 0 Å². The van der Waals surface area contributed by atoms with Crippen molar-refractivity contribution in [2.45, 2.75) is 39.3 Å². The Morgan fingerprint density at radius 2 is 1.77 bits per heavy atom. The lowest BCUT2D eigenvalue weighted by atomic mass is 10.0. The normalized spacial score (nSPS) is 19.9. The first-order valence-corrected chi connectivity index (χ1v) is 11.1. The molecule has 2 saturated heterocycles. The highest BCUT2D eigenvalue weighted by molar-refractivity contribution is 5.78. The molecule has 8 nitrogen and oxygen atoms in total. The summed E-state index contributed by atoms with van der Waals surface area (Å²) in [6, 6.07) is 8.78. The fraction of sp³-hybridized carbons (Fsp3) is 0.652. The van der Waals surface area contributed by atoms with Crippen LogP contribution in [0.15, 0.2) is 29.3 Å². The number of benzene rings is 1. The topological polar surface area (TPSA) is 83.6 Å². The van der Waals surface area contributed by atoms with E-state index in [-0.39, 0.29) is 12.1 Å². The molecule has 3 rings (SSSR count). The Hall–Kier alpha value is -2.32. The minimum Gasteiger partial charge on any atom is -0.444 e. The van der Waals surface area contributed by atoms with Crippen LogP contribution in [0.3, 0.4) is 0 Å². The zero-order chi connectivity index (χ0) is 22.4. The summed E-state index contributed by atoms with van der Waals surface area (Å²) in [6.07, 6.45) is -0.269. The highest BCUT2D eigenvalue weighted by Crippen LogP contribution is 2.23. The SMILES string of the molecule is Cc1cccc(C(CN=C(N)N2CCN(C(=O)OC(C)(C)C)CC2)N2CCOCC2)c1. The summed E-state index contributed by atoms with van der Waals surface area (Å²) in [6.45, 7) is 14.1. The molecular weight excluding hydrogens is 394 g/mol. The Morgan fingerprint density at radius 1 is 1.13 bits per heavy atom. The molecule has 0 radical (unpaired) electrons. The molecule has 1 atom stereocenters. The van der Waals surface area contributed by atoms with Crippen molar-refractivity contribution < 1.29 is 14.3 Å². The third-order valence-electron chi connectivity index (χ3n) is 5.59. The van der Waals surface area contributed by atoms with Gasteiger partial charge in [-0.15, -0.1) is 0 Å². The maximum absolute atomic E-state index is 12.3. The molecular formula is C23H37N5O3. The molecule has 2 heterocycles. The van der Waals surface area contributed by atoms with E-state index in [0.717, 1.165) is 26.3 Å². The van der Waals surface area contributed by atoms with Crippen LogP contribution in [0.1, 0.15) is 37.9 Å². The minimum absolute atomic E-state index is 0.172. The quantitative estimate of drug-likeness (QED) is 0.581. The molecule has 0 bridgehead atoms. The number of guanidine groups is 1. The number of nitrogens with two attached hydrogens (primary N) is 1. The first-order valence-electron chi connectivity index (χ1n) is 11.1. The third-order valence-corrected chi connectivity index (χ3v) is 5.59. The Morgan fingerprint density at radius 3 is 2.39 bits per heavy atom. The number of morpholine rings is 1. The van der Waals surface area contributed by atoms with Gasteiger partial charge in [-0.1, -0.05) is 29.8 Å². The highest BCUT2D eigenvalue weighted by atomic mass is 16.6. The maximum atomic E-state index is 12.3. The molecule has 0 spiro atoms. The van der Waals surface area contributed by atoms with Crippen LogP contribution in [-0.4, -0.2) is 91.4 Å². The van der Waals surface area contributed by atoms with Crippen LogP contribution in [0.4, 0.5) is 4.79 Å². The van der Waals surface area contributed by atoms with Crippen LogP contribution in [0.5, 0.6) is 0 Å². The van der Waals surface area contributed by atoms with Crippen molar-refractivity contribution in [1.82, 2.24) is 14.7 Å². The van der Waals surface area contributed by atoms with Gasteiger partial charge in [-0.05, 0) is 33.3 Å². The first-order chi connectivity index (χ1) is 14.7. The van der Waals surface area contributed by atoms with Crippen LogP contribution in [0.25, 0.3) is 0 Å². The summed E-state index contributed by atoms with van der Waals surface area (Å²) in [5.74, 6) is 0.537. The van der Waals surface area contributed by atoms with Crippen molar-refractivity contribution >= 4 is 12.1 Å². The largest absolute Gasteiger partial charge is 0.444 e. The number of piperazine rings is 1. The average molecular weight is 432 g/mol. The van der Waals surface area contributed by atoms with Crippen molar-refractivity contribution in [2.75, 3.05) is 59.0 Å². The molecule has 1 amide bonds. The van der Waals surface area contributed by atoms with E-state index in [2.05, 4.69) is 36.1 Å². The van der Waals surface area contributed by atoms with Crippen LogP contribution in [-0.2, 0) is 9.47 Å². The summed E-state index contributed by atoms with van der Waals surface area (Å²) in [7, 11) is 0. The molecule has 172 valence electrons. The maximum Gasteiger partial charge on any atom is 0.410 e. The predicted molar refractivity (Wildman–Crippen MR) is 122 cm³/mol. The smallest absolute Gasteiger partial charge is 0.410 e. The summed E-state index contributed by atoms with van der Waals surface area (Å²) in [5.41, 5.74) is 8.37. The molecule has 0 saturated carbocycles. The zero-order valence-corrected chi connectivity index (χ0v) is 19.3. The third kappa shape index (κ3) is 6.83. The number of amides is 1. The van der Waals surface area contributed by atoms with Gasteiger partial charge in [-0.2, -0.15) is 0 Å². The standard InChI is InChI=1S/C23H37N5O3/c1-18-6-5-7-19(16-18)20(26-12-14-30-15-13-26)17-25-21(24)27-8-10-28(11-9-27)22(29)31-23(2,3)4/h5-7,16,20H,8-15,17H2,1-4H3,(H2,24,25). The van der Waals surface area contributed by atoms with E-state index in [1.54, 1.807) is 4.90 Å². The number of ether oxygens (including phenoxy) is 2.